The van der Waals surface area contributed by atoms with Crippen LogP contribution in [0.1, 0.15) is 57.4 Å². The molecule has 108 valence electrons. The lowest BCUT2D eigenvalue weighted by Gasteiger charge is -2.14. The molecule has 1 rings (SSSR count). The third kappa shape index (κ3) is 6.19. The lowest BCUT2D eigenvalue weighted by Crippen LogP contribution is -2.08. The highest BCUT2D eigenvalue weighted by atomic mass is 35.7. The van der Waals surface area contributed by atoms with Gasteiger partial charge in [-0.2, -0.15) is 0 Å². The van der Waals surface area contributed by atoms with Gasteiger partial charge in [0, 0.05) is 12.8 Å². The molecule has 0 bridgehead atoms. The molecule has 0 unspecified atom stereocenters. The summed E-state index contributed by atoms with van der Waals surface area (Å²) in [6.07, 6.45) is 5.62. The molecule has 0 nitrogen and oxygen atoms in total. The molecule has 1 aromatic carbocycles. The van der Waals surface area contributed by atoms with Gasteiger partial charge in [0.05, 0.1) is 0 Å². The summed E-state index contributed by atoms with van der Waals surface area (Å²) in [7, 11) is -0.961. The summed E-state index contributed by atoms with van der Waals surface area (Å²) in [5.74, 6) is 0. The Morgan fingerprint density at radius 3 is 2.37 bits per heavy atom. The van der Waals surface area contributed by atoms with E-state index < -0.39 is 13.7 Å². The fourth-order valence-corrected chi connectivity index (χ4v) is 4.31. The second-order valence-electron chi connectivity index (χ2n) is 4.71. The summed E-state index contributed by atoms with van der Waals surface area (Å²) in [6.45, 7) is 2.19. The van der Waals surface area contributed by atoms with Crippen LogP contribution in [0.5, 0.6) is 0 Å². The Kier molecular flexibility index (Phi) is 8.57. The SMILES string of the molecule is CCCCCCCC[P@@](Cl)c1ccccc1C(F)F. The second-order valence-corrected chi connectivity index (χ2v) is 7.59. The molecule has 0 fully saturated rings. The zero-order valence-electron chi connectivity index (χ0n) is 11.4. The summed E-state index contributed by atoms with van der Waals surface area (Å²) in [4.78, 5) is 0. The molecule has 0 radical (unpaired) electrons. The minimum Gasteiger partial charge on any atom is -0.205 e. The Hall–Kier alpha value is -0.200. The fraction of sp³-hybridized carbons (Fsp3) is 0.600. The van der Waals surface area contributed by atoms with Gasteiger partial charge in [0.1, 0.15) is 0 Å². The van der Waals surface area contributed by atoms with Crippen molar-refractivity contribution in [3.63, 3.8) is 0 Å². The van der Waals surface area contributed by atoms with E-state index in [0.29, 0.717) is 5.30 Å². The average Bonchev–Trinajstić information content (AvgIpc) is 2.42. The van der Waals surface area contributed by atoms with Crippen molar-refractivity contribution < 1.29 is 8.78 Å². The third-order valence-electron chi connectivity index (χ3n) is 3.14. The van der Waals surface area contributed by atoms with Gasteiger partial charge in [-0.25, -0.2) is 8.78 Å². The van der Waals surface area contributed by atoms with Gasteiger partial charge in [-0.3, -0.25) is 0 Å². The number of alkyl halides is 2. The first-order valence-electron chi connectivity index (χ1n) is 6.97. The molecule has 0 amide bonds. The molecular weight excluding hydrogens is 285 g/mol. The van der Waals surface area contributed by atoms with Gasteiger partial charge in [0.25, 0.3) is 6.43 Å². The van der Waals surface area contributed by atoms with E-state index in [9.17, 15) is 8.78 Å². The van der Waals surface area contributed by atoms with Crippen molar-refractivity contribution >= 4 is 23.8 Å². The normalized spacial score (nSPS) is 12.9. The summed E-state index contributed by atoms with van der Waals surface area (Å²) in [5.41, 5.74) is 0.106. The first-order valence-corrected chi connectivity index (χ1v) is 9.40. The number of unbranched alkanes of at least 4 members (excludes halogenated alkanes) is 5. The van der Waals surface area contributed by atoms with Crippen LogP contribution in [0.25, 0.3) is 0 Å². The fourth-order valence-electron chi connectivity index (χ4n) is 2.04. The number of halogens is 3. The molecule has 1 aromatic rings. The quantitative estimate of drug-likeness (QED) is 0.374. The number of hydrogen-bond donors (Lipinski definition) is 0. The molecule has 1 atom stereocenters. The van der Waals surface area contributed by atoms with Gasteiger partial charge in [0.15, 0.2) is 0 Å². The average molecular weight is 307 g/mol. The molecular formula is C15H22ClF2P. The van der Waals surface area contributed by atoms with E-state index >= 15 is 0 Å². The van der Waals surface area contributed by atoms with Crippen molar-refractivity contribution in [2.24, 2.45) is 0 Å². The Morgan fingerprint density at radius 1 is 1.05 bits per heavy atom. The van der Waals surface area contributed by atoms with Crippen LogP contribution in [-0.4, -0.2) is 6.16 Å². The van der Waals surface area contributed by atoms with Crippen molar-refractivity contribution in [2.45, 2.75) is 51.9 Å². The molecule has 0 heterocycles. The highest BCUT2D eigenvalue weighted by Crippen LogP contribution is 2.43. The largest absolute Gasteiger partial charge is 0.264 e. The van der Waals surface area contributed by atoms with Crippen LogP contribution in [-0.2, 0) is 0 Å². The molecule has 0 saturated carbocycles. The van der Waals surface area contributed by atoms with E-state index in [1.165, 1.54) is 31.7 Å². The summed E-state index contributed by atoms with van der Waals surface area (Å²) in [5, 5.41) is 0.655. The van der Waals surface area contributed by atoms with Crippen molar-refractivity contribution in [1.82, 2.24) is 0 Å². The van der Waals surface area contributed by atoms with Gasteiger partial charge in [0.2, 0.25) is 0 Å². The van der Waals surface area contributed by atoms with E-state index in [1.807, 2.05) is 0 Å². The van der Waals surface area contributed by atoms with Crippen molar-refractivity contribution in [3.8, 4) is 0 Å². The predicted molar refractivity (Wildman–Crippen MR) is 82.0 cm³/mol. The summed E-state index contributed by atoms with van der Waals surface area (Å²) in [6, 6.07) is 6.67. The van der Waals surface area contributed by atoms with Crippen LogP contribution in [0, 0.1) is 0 Å². The standard InChI is InChI=1S/C15H22ClF2P/c1-2-3-4-5-6-9-12-19(16)14-11-8-7-10-13(14)15(17)18/h7-8,10-11,15H,2-6,9,12H2,1H3/t19-/m1/s1. The van der Waals surface area contributed by atoms with Crippen LogP contribution in [0.2, 0.25) is 0 Å². The van der Waals surface area contributed by atoms with E-state index in [2.05, 4.69) is 6.92 Å². The molecule has 0 aliphatic carbocycles. The van der Waals surface area contributed by atoms with Gasteiger partial charge in [-0.15, -0.1) is 0 Å². The second kappa shape index (κ2) is 9.66. The number of rotatable bonds is 9. The predicted octanol–water partition coefficient (Wildman–Crippen LogP) is 6.25. The lowest BCUT2D eigenvalue weighted by atomic mass is 10.1. The highest BCUT2D eigenvalue weighted by molar-refractivity contribution is 7.90. The van der Waals surface area contributed by atoms with Gasteiger partial charge >= 0.3 is 0 Å². The van der Waals surface area contributed by atoms with E-state index in [0.717, 1.165) is 19.0 Å². The Bertz CT molecular complexity index is 358. The smallest absolute Gasteiger partial charge is 0.205 e. The molecule has 0 aliphatic rings. The molecule has 4 heteroatoms. The van der Waals surface area contributed by atoms with E-state index in [4.69, 9.17) is 11.2 Å². The summed E-state index contributed by atoms with van der Waals surface area (Å²) < 4.78 is 25.7. The van der Waals surface area contributed by atoms with Crippen LogP contribution in [0.3, 0.4) is 0 Å². The molecule has 0 saturated heterocycles. The molecule has 0 aliphatic heterocycles. The van der Waals surface area contributed by atoms with E-state index in [1.54, 1.807) is 18.2 Å². The Morgan fingerprint density at radius 2 is 1.68 bits per heavy atom. The minimum absolute atomic E-state index is 0.106. The van der Waals surface area contributed by atoms with Gasteiger partial charge in [-0.1, -0.05) is 74.5 Å². The van der Waals surface area contributed by atoms with Crippen LogP contribution in [0.15, 0.2) is 24.3 Å². The maximum absolute atomic E-state index is 12.9. The van der Waals surface area contributed by atoms with Crippen LogP contribution in [0.4, 0.5) is 8.78 Å². The zero-order chi connectivity index (χ0) is 14.1. The monoisotopic (exact) mass is 306 g/mol. The maximum atomic E-state index is 12.9. The third-order valence-corrected chi connectivity index (χ3v) is 5.83. The molecule has 19 heavy (non-hydrogen) atoms. The molecule has 0 aromatic heterocycles. The lowest BCUT2D eigenvalue weighted by molar-refractivity contribution is 0.152. The first-order chi connectivity index (χ1) is 9.16. The minimum atomic E-state index is -2.43. The van der Waals surface area contributed by atoms with Crippen molar-refractivity contribution in [2.75, 3.05) is 6.16 Å². The van der Waals surface area contributed by atoms with Crippen LogP contribution >= 0.6 is 18.5 Å². The Labute approximate surface area is 121 Å². The van der Waals surface area contributed by atoms with Gasteiger partial charge in [-0.05, 0) is 17.9 Å². The topological polar surface area (TPSA) is 0 Å². The Balaban J connectivity index is 2.39. The molecule has 0 spiro atoms. The highest BCUT2D eigenvalue weighted by Gasteiger charge is 2.17. The number of hydrogen-bond acceptors (Lipinski definition) is 0. The van der Waals surface area contributed by atoms with E-state index in [-0.39, 0.29) is 5.56 Å². The van der Waals surface area contributed by atoms with Crippen LogP contribution < -0.4 is 5.30 Å². The van der Waals surface area contributed by atoms with Crippen molar-refractivity contribution in [1.29, 1.82) is 0 Å². The van der Waals surface area contributed by atoms with Crippen molar-refractivity contribution in [3.05, 3.63) is 29.8 Å². The van der Waals surface area contributed by atoms with Gasteiger partial charge < -0.3 is 0 Å². The molecule has 0 N–H and O–H groups in total. The maximum Gasteiger partial charge on any atom is 0.264 e. The number of benzene rings is 1. The zero-order valence-corrected chi connectivity index (χ0v) is 13.1. The summed E-state index contributed by atoms with van der Waals surface area (Å²) >= 11 is 6.33. The first kappa shape index (κ1) is 16.9.